The van der Waals surface area contributed by atoms with Crippen LogP contribution in [0.5, 0.6) is 0 Å². The van der Waals surface area contributed by atoms with Crippen molar-refractivity contribution in [1.29, 1.82) is 0 Å². The Morgan fingerprint density at radius 1 is 1.18 bits per heavy atom. The molecular weight excluding hydrogens is 374 g/mol. The Labute approximate surface area is 168 Å². The van der Waals surface area contributed by atoms with Crippen molar-refractivity contribution in [3.63, 3.8) is 0 Å². The number of aryl methyl sites for hydroxylation is 1. The van der Waals surface area contributed by atoms with Gasteiger partial charge in [-0.25, -0.2) is 0 Å². The second-order valence-electron chi connectivity index (χ2n) is 6.64. The summed E-state index contributed by atoms with van der Waals surface area (Å²) in [6, 6.07) is 14.6. The quantitative estimate of drug-likeness (QED) is 0.650. The van der Waals surface area contributed by atoms with Gasteiger partial charge in [0, 0.05) is 30.9 Å². The largest absolute Gasteiger partial charge is 0.345 e. The molecule has 0 fully saturated rings. The Morgan fingerprint density at radius 3 is 2.64 bits per heavy atom. The van der Waals surface area contributed by atoms with E-state index in [-0.39, 0.29) is 18.4 Å². The molecule has 0 aliphatic heterocycles. The van der Waals surface area contributed by atoms with Crippen LogP contribution in [0.2, 0.25) is 0 Å². The fourth-order valence-corrected chi connectivity index (χ4v) is 3.00. The maximum atomic E-state index is 12.6. The zero-order chi connectivity index (χ0) is 20.3. The van der Waals surface area contributed by atoms with E-state index in [4.69, 9.17) is 12.2 Å². The summed E-state index contributed by atoms with van der Waals surface area (Å²) in [6.45, 7) is 1.99. The third-order valence-electron chi connectivity index (χ3n) is 4.14. The molecule has 1 aromatic heterocycles. The molecule has 0 saturated heterocycles. The van der Waals surface area contributed by atoms with Crippen LogP contribution in [0, 0.1) is 11.7 Å². The van der Waals surface area contributed by atoms with E-state index >= 15 is 0 Å². The summed E-state index contributed by atoms with van der Waals surface area (Å²) in [7, 11) is 3.36. The average molecular weight is 395 g/mol. The van der Waals surface area contributed by atoms with Gasteiger partial charge in [0.1, 0.15) is 6.54 Å². The number of H-pyrrole nitrogens is 1. The third kappa shape index (κ3) is 4.34. The minimum Gasteiger partial charge on any atom is -0.345 e. The predicted octanol–water partition coefficient (Wildman–Crippen LogP) is 3.26. The minimum atomic E-state index is -0.263. The summed E-state index contributed by atoms with van der Waals surface area (Å²) in [5.74, 6) is 0.205. The summed E-state index contributed by atoms with van der Waals surface area (Å²) in [5.41, 5.74) is 3.01. The molecule has 28 heavy (non-hydrogen) atoms. The molecule has 0 atom stereocenters. The highest BCUT2D eigenvalue weighted by molar-refractivity contribution is 7.71. The van der Waals surface area contributed by atoms with E-state index in [1.54, 1.807) is 42.9 Å². The normalized spacial score (nSPS) is 10.5. The Balaban J connectivity index is 1.80. The monoisotopic (exact) mass is 395 g/mol. The second-order valence-corrected chi connectivity index (χ2v) is 7.02. The van der Waals surface area contributed by atoms with Gasteiger partial charge in [0.25, 0.3) is 5.91 Å². The van der Waals surface area contributed by atoms with Gasteiger partial charge >= 0.3 is 0 Å². The first-order valence-electron chi connectivity index (χ1n) is 8.69. The molecule has 7 nitrogen and oxygen atoms in total. The van der Waals surface area contributed by atoms with E-state index in [9.17, 15) is 9.59 Å². The highest BCUT2D eigenvalue weighted by Crippen LogP contribution is 2.19. The Hall–Kier alpha value is -3.26. The number of benzene rings is 2. The lowest BCUT2D eigenvalue weighted by Crippen LogP contribution is -2.22. The second kappa shape index (κ2) is 8.18. The third-order valence-corrected chi connectivity index (χ3v) is 4.45. The number of amides is 2. The van der Waals surface area contributed by atoms with Crippen LogP contribution in [0.4, 0.5) is 5.69 Å². The van der Waals surface area contributed by atoms with Crippen LogP contribution in [-0.4, -0.2) is 45.6 Å². The standard InChI is InChI=1S/C20H21N5O2S/c1-13-6-4-7-14(10-13)18-22-23-20(28)25(18)12-17(26)21-16-9-5-8-15(11-16)19(27)24(2)3/h4-11H,12H2,1-3H3,(H,21,26)(H,23,28). The Kier molecular flexibility index (Phi) is 5.70. The first-order chi connectivity index (χ1) is 13.3. The number of carbonyl (C=O) groups is 2. The fourth-order valence-electron chi connectivity index (χ4n) is 2.80. The number of hydrogen-bond acceptors (Lipinski definition) is 4. The molecule has 0 unspecified atom stereocenters. The van der Waals surface area contributed by atoms with Crippen LogP contribution in [0.15, 0.2) is 48.5 Å². The number of carbonyl (C=O) groups excluding carboxylic acids is 2. The lowest BCUT2D eigenvalue weighted by molar-refractivity contribution is -0.116. The average Bonchev–Trinajstić information content (AvgIpc) is 3.01. The first kappa shape index (κ1) is 19.5. The lowest BCUT2D eigenvalue weighted by Gasteiger charge is -2.12. The van der Waals surface area contributed by atoms with Crippen molar-refractivity contribution < 1.29 is 9.59 Å². The molecule has 144 valence electrons. The maximum absolute atomic E-state index is 12.6. The van der Waals surface area contributed by atoms with Crippen LogP contribution >= 0.6 is 12.2 Å². The number of anilines is 1. The Bertz CT molecular complexity index is 1080. The van der Waals surface area contributed by atoms with E-state index in [0.29, 0.717) is 21.8 Å². The smallest absolute Gasteiger partial charge is 0.253 e. The van der Waals surface area contributed by atoms with Gasteiger partial charge in [-0.3, -0.25) is 19.3 Å². The molecule has 2 aromatic carbocycles. The number of hydrogen-bond donors (Lipinski definition) is 2. The van der Waals surface area contributed by atoms with E-state index in [0.717, 1.165) is 11.1 Å². The zero-order valence-electron chi connectivity index (χ0n) is 15.9. The molecule has 0 saturated carbocycles. The van der Waals surface area contributed by atoms with Crippen LogP contribution < -0.4 is 5.32 Å². The molecule has 0 bridgehead atoms. The van der Waals surface area contributed by atoms with Crippen LogP contribution in [0.3, 0.4) is 0 Å². The molecule has 0 spiro atoms. The molecule has 1 heterocycles. The molecule has 0 aliphatic carbocycles. The summed E-state index contributed by atoms with van der Waals surface area (Å²) >= 11 is 5.29. The highest BCUT2D eigenvalue weighted by atomic mass is 32.1. The highest BCUT2D eigenvalue weighted by Gasteiger charge is 2.14. The minimum absolute atomic E-state index is 0.00443. The van der Waals surface area contributed by atoms with Crippen LogP contribution in [0.25, 0.3) is 11.4 Å². The molecule has 2 N–H and O–H groups in total. The zero-order valence-corrected chi connectivity index (χ0v) is 16.7. The van der Waals surface area contributed by atoms with Crippen molar-refractivity contribution in [3.8, 4) is 11.4 Å². The topological polar surface area (TPSA) is 83.0 Å². The molecule has 3 rings (SSSR count). The summed E-state index contributed by atoms with van der Waals surface area (Å²) in [6.07, 6.45) is 0. The molecule has 0 aliphatic rings. The molecule has 2 amide bonds. The van der Waals surface area contributed by atoms with Crippen molar-refractivity contribution in [2.24, 2.45) is 0 Å². The number of aromatic amines is 1. The number of aromatic nitrogens is 3. The van der Waals surface area contributed by atoms with E-state index in [2.05, 4.69) is 15.5 Å². The SMILES string of the molecule is Cc1cccc(-c2n[nH]c(=S)n2CC(=O)Nc2cccc(C(=O)N(C)C)c2)c1. The predicted molar refractivity (Wildman–Crippen MR) is 111 cm³/mol. The van der Waals surface area contributed by atoms with E-state index in [1.807, 2.05) is 31.2 Å². The maximum Gasteiger partial charge on any atom is 0.253 e. The van der Waals surface area contributed by atoms with Crippen molar-refractivity contribution in [2.75, 3.05) is 19.4 Å². The van der Waals surface area contributed by atoms with Crippen molar-refractivity contribution >= 4 is 29.7 Å². The van der Waals surface area contributed by atoms with Crippen LogP contribution in [-0.2, 0) is 11.3 Å². The molecule has 0 radical (unpaired) electrons. The van der Waals surface area contributed by atoms with Gasteiger partial charge < -0.3 is 10.2 Å². The van der Waals surface area contributed by atoms with Gasteiger partial charge in [-0.05, 0) is 43.4 Å². The summed E-state index contributed by atoms with van der Waals surface area (Å²) in [5, 5.41) is 9.82. The lowest BCUT2D eigenvalue weighted by atomic mass is 10.1. The van der Waals surface area contributed by atoms with E-state index < -0.39 is 0 Å². The van der Waals surface area contributed by atoms with Gasteiger partial charge in [0.05, 0.1) is 0 Å². The van der Waals surface area contributed by atoms with Gasteiger partial charge in [0.2, 0.25) is 5.91 Å². The van der Waals surface area contributed by atoms with Crippen molar-refractivity contribution in [2.45, 2.75) is 13.5 Å². The molecular formula is C20H21N5O2S. The van der Waals surface area contributed by atoms with Gasteiger partial charge in [-0.1, -0.05) is 29.8 Å². The fraction of sp³-hybridized carbons (Fsp3) is 0.200. The van der Waals surface area contributed by atoms with Crippen molar-refractivity contribution in [3.05, 3.63) is 64.4 Å². The number of nitrogens with zero attached hydrogens (tertiary/aromatic N) is 3. The van der Waals surface area contributed by atoms with Crippen LogP contribution in [0.1, 0.15) is 15.9 Å². The molecule has 3 aromatic rings. The number of rotatable bonds is 5. The summed E-state index contributed by atoms with van der Waals surface area (Å²) in [4.78, 5) is 26.2. The first-order valence-corrected chi connectivity index (χ1v) is 9.10. The van der Waals surface area contributed by atoms with Gasteiger partial charge in [-0.15, -0.1) is 0 Å². The van der Waals surface area contributed by atoms with E-state index in [1.165, 1.54) is 4.90 Å². The number of nitrogens with one attached hydrogen (secondary N) is 2. The van der Waals surface area contributed by atoms with Crippen molar-refractivity contribution in [1.82, 2.24) is 19.7 Å². The summed E-state index contributed by atoms with van der Waals surface area (Å²) < 4.78 is 2.01. The Morgan fingerprint density at radius 2 is 1.93 bits per heavy atom. The van der Waals surface area contributed by atoms with Gasteiger partial charge in [0.15, 0.2) is 10.6 Å². The molecule has 8 heteroatoms. The van der Waals surface area contributed by atoms with Gasteiger partial charge in [-0.2, -0.15) is 5.10 Å².